The second-order valence-corrected chi connectivity index (χ2v) is 7.28. The van der Waals surface area contributed by atoms with E-state index >= 15 is 0 Å². The van der Waals surface area contributed by atoms with Crippen LogP contribution in [0.1, 0.15) is 31.9 Å². The summed E-state index contributed by atoms with van der Waals surface area (Å²) < 4.78 is 18.6. The maximum atomic E-state index is 13.2. The van der Waals surface area contributed by atoms with Gasteiger partial charge >= 0.3 is 12.0 Å². The molecule has 1 aliphatic rings. The van der Waals surface area contributed by atoms with Gasteiger partial charge < -0.3 is 15.4 Å². The maximum Gasteiger partial charge on any atom is 0.323 e. The molecule has 2 aromatic carbocycles. The van der Waals surface area contributed by atoms with E-state index in [1.165, 1.54) is 18.2 Å². The van der Waals surface area contributed by atoms with Gasteiger partial charge in [0.1, 0.15) is 11.9 Å². The van der Waals surface area contributed by atoms with Crippen LogP contribution in [-0.2, 0) is 9.53 Å². The molecule has 1 fully saturated rings. The van der Waals surface area contributed by atoms with Crippen molar-refractivity contribution >= 4 is 35.0 Å². The van der Waals surface area contributed by atoms with Crippen molar-refractivity contribution in [3.63, 3.8) is 0 Å². The Morgan fingerprint density at radius 1 is 1.19 bits per heavy atom. The van der Waals surface area contributed by atoms with Gasteiger partial charge in [0.25, 0.3) is 0 Å². The van der Waals surface area contributed by atoms with Crippen molar-refractivity contribution in [1.82, 2.24) is 0 Å². The highest BCUT2D eigenvalue weighted by atomic mass is 35.5. The first-order valence-corrected chi connectivity index (χ1v) is 8.45. The summed E-state index contributed by atoms with van der Waals surface area (Å²) in [6.07, 6.45) is -0.0167. The fraction of sp³-hybridized carbons (Fsp3) is 0.263. The summed E-state index contributed by atoms with van der Waals surface area (Å²) in [5.74, 6) is -0.789. The molecule has 5 nitrogen and oxygen atoms in total. The number of anilines is 2. The Labute approximate surface area is 155 Å². The van der Waals surface area contributed by atoms with Gasteiger partial charge in [0.2, 0.25) is 0 Å². The molecule has 136 valence electrons. The number of hydrogen-bond acceptors (Lipinski definition) is 3. The minimum atomic E-state index is -0.556. The molecule has 0 saturated carbocycles. The van der Waals surface area contributed by atoms with E-state index in [1.807, 2.05) is 19.9 Å². The molecule has 26 heavy (non-hydrogen) atoms. The van der Waals surface area contributed by atoms with Crippen LogP contribution in [0.15, 0.2) is 42.5 Å². The summed E-state index contributed by atoms with van der Waals surface area (Å²) in [5, 5.41) is 5.21. The Hall–Kier alpha value is -2.60. The van der Waals surface area contributed by atoms with Crippen LogP contribution in [0, 0.1) is 11.2 Å². The molecule has 2 amide bonds. The van der Waals surface area contributed by atoms with E-state index in [2.05, 4.69) is 10.6 Å². The molecular formula is C19H18ClFN2O3. The largest absolute Gasteiger partial charge is 0.457 e. The highest BCUT2D eigenvalue weighted by Crippen LogP contribution is 2.45. The summed E-state index contributed by atoms with van der Waals surface area (Å²) in [7, 11) is 0. The van der Waals surface area contributed by atoms with Crippen molar-refractivity contribution in [2.75, 3.05) is 10.6 Å². The van der Waals surface area contributed by atoms with Gasteiger partial charge in [0.15, 0.2) is 0 Å². The Morgan fingerprint density at radius 3 is 2.50 bits per heavy atom. The lowest BCUT2D eigenvalue weighted by Gasteiger charge is -2.24. The monoisotopic (exact) mass is 376 g/mol. The Kier molecular flexibility index (Phi) is 4.87. The van der Waals surface area contributed by atoms with E-state index in [0.29, 0.717) is 17.8 Å². The average molecular weight is 377 g/mol. The highest BCUT2D eigenvalue weighted by Gasteiger charge is 2.42. The Bertz CT molecular complexity index is 870. The second kappa shape index (κ2) is 6.96. The zero-order valence-electron chi connectivity index (χ0n) is 14.3. The van der Waals surface area contributed by atoms with Crippen LogP contribution in [0.4, 0.5) is 20.6 Å². The topological polar surface area (TPSA) is 67.4 Å². The lowest BCUT2D eigenvalue weighted by Crippen LogP contribution is -2.20. The molecule has 0 radical (unpaired) electrons. The second-order valence-electron chi connectivity index (χ2n) is 6.87. The Balaban J connectivity index is 1.71. The standard InChI is InChI=1S/C19H18ClFN2O3/c1-19(2)10-16(24)26-17(19)11-4-3-5-12(8-11)22-18(25)23-13-6-7-15(21)14(20)9-13/h3-9,17H,10H2,1-2H3,(H2,22,23,25). The molecule has 0 bridgehead atoms. The van der Waals surface area contributed by atoms with Gasteiger partial charge in [-0.25, -0.2) is 9.18 Å². The van der Waals surface area contributed by atoms with Gasteiger partial charge in [0.05, 0.1) is 11.4 Å². The lowest BCUT2D eigenvalue weighted by atomic mass is 9.82. The third-order valence-corrected chi connectivity index (χ3v) is 4.47. The van der Waals surface area contributed by atoms with E-state index in [-0.39, 0.29) is 22.5 Å². The quantitative estimate of drug-likeness (QED) is 0.729. The van der Waals surface area contributed by atoms with Gasteiger partial charge in [0, 0.05) is 16.8 Å². The highest BCUT2D eigenvalue weighted by molar-refractivity contribution is 6.31. The van der Waals surface area contributed by atoms with Crippen LogP contribution in [0.25, 0.3) is 0 Å². The van der Waals surface area contributed by atoms with E-state index in [4.69, 9.17) is 16.3 Å². The summed E-state index contributed by atoms with van der Waals surface area (Å²) in [4.78, 5) is 23.8. The fourth-order valence-corrected chi connectivity index (χ4v) is 3.14. The minimum absolute atomic E-state index is 0.0740. The number of ether oxygens (including phenoxy) is 1. The smallest absolute Gasteiger partial charge is 0.323 e. The first kappa shape index (κ1) is 18.2. The summed E-state index contributed by atoms with van der Waals surface area (Å²) in [6.45, 7) is 3.93. The first-order chi connectivity index (χ1) is 12.2. The van der Waals surface area contributed by atoms with Gasteiger partial charge in [-0.2, -0.15) is 0 Å². The number of carbonyl (C=O) groups excluding carboxylic acids is 2. The van der Waals surface area contributed by atoms with Crippen LogP contribution < -0.4 is 10.6 Å². The third-order valence-electron chi connectivity index (χ3n) is 4.18. The number of halogens is 2. The SMILES string of the molecule is CC1(C)CC(=O)OC1c1cccc(NC(=O)Nc2ccc(F)c(Cl)c2)c1. The molecule has 1 heterocycles. The minimum Gasteiger partial charge on any atom is -0.457 e. The molecule has 0 spiro atoms. The molecule has 0 aliphatic carbocycles. The summed E-state index contributed by atoms with van der Waals surface area (Å²) in [6, 6.07) is 10.6. The third kappa shape index (κ3) is 3.96. The molecule has 3 rings (SSSR count). The van der Waals surface area contributed by atoms with Gasteiger partial charge in [-0.05, 0) is 35.9 Å². The van der Waals surface area contributed by atoms with Crippen molar-refractivity contribution in [3.05, 3.63) is 58.9 Å². The number of amides is 2. The van der Waals surface area contributed by atoms with Crippen LogP contribution in [0.5, 0.6) is 0 Å². The van der Waals surface area contributed by atoms with Crippen LogP contribution >= 0.6 is 11.6 Å². The molecule has 2 N–H and O–H groups in total. The number of esters is 1. The Morgan fingerprint density at radius 2 is 1.88 bits per heavy atom. The van der Waals surface area contributed by atoms with E-state index in [9.17, 15) is 14.0 Å². The maximum absolute atomic E-state index is 13.2. The number of cyclic esters (lactones) is 1. The zero-order valence-corrected chi connectivity index (χ0v) is 15.1. The van der Waals surface area contributed by atoms with Crippen molar-refractivity contribution in [3.8, 4) is 0 Å². The predicted octanol–water partition coefficient (Wildman–Crippen LogP) is 5.14. The first-order valence-electron chi connectivity index (χ1n) is 8.07. The molecule has 1 aliphatic heterocycles. The number of nitrogens with one attached hydrogen (secondary N) is 2. The number of carbonyl (C=O) groups is 2. The molecular weight excluding hydrogens is 359 g/mol. The summed E-state index contributed by atoms with van der Waals surface area (Å²) in [5.41, 5.74) is 1.41. The van der Waals surface area contributed by atoms with E-state index < -0.39 is 11.8 Å². The van der Waals surface area contributed by atoms with Crippen molar-refractivity contribution in [2.45, 2.75) is 26.4 Å². The average Bonchev–Trinajstić information content (AvgIpc) is 2.83. The van der Waals surface area contributed by atoms with Gasteiger partial charge in [-0.15, -0.1) is 0 Å². The number of urea groups is 1. The molecule has 1 atom stereocenters. The molecule has 2 aromatic rings. The van der Waals surface area contributed by atoms with Crippen molar-refractivity contribution in [2.24, 2.45) is 5.41 Å². The van der Waals surface area contributed by atoms with Gasteiger partial charge in [-0.3, -0.25) is 4.79 Å². The normalized spacial score (nSPS) is 18.3. The predicted molar refractivity (Wildman–Crippen MR) is 97.7 cm³/mol. The fourth-order valence-electron chi connectivity index (χ4n) is 2.96. The molecule has 1 saturated heterocycles. The lowest BCUT2D eigenvalue weighted by molar-refractivity contribution is -0.142. The zero-order chi connectivity index (χ0) is 18.9. The summed E-state index contributed by atoms with van der Waals surface area (Å²) >= 11 is 5.70. The van der Waals surface area contributed by atoms with Crippen molar-refractivity contribution in [1.29, 1.82) is 0 Å². The van der Waals surface area contributed by atoms with Crippen LogP contribution in [0.3, 0.4) is 0 Å². The molecule has 7 heteroatoms. The van der Waals surface area contributed by atoms with Gasteiger partial charge in [-0.1, -0.05) is 37.6 Å². The molecule has 0 aromatic heterocycles. The number of benzene rings is 2. The van der Waals surface area contributed by atoms with Crippen LogP contribution in [-0.4, -0.2) is 12.0 Å². The van der Waals surface area contributed by atoms with Crippen LogP contribution in [0.2, 0.25) is 5.02 Å². The van der Waals surface area contributed by atoms with E-state index in [1.54, 1.807) is 18.2 Å². The number of rotatable bonds is 3. The molecule has 1 unspecified atom stereocenters. The van der Waals surface area contributed by atoms with Crippen molar-refractivity contribution < 1.29 is 18.7 Å². The van der Waals surface area contributed by atoms with E-state index in [0.717, 1.165) is 5.56 Å². The number of hydrogen-bond donors (Lipinski definition) is 2.